The summed E-state index contributed by atoms with van der Waals surface area (Å²) in [7, 11) is 0. The van der Waals surface area contributed by atoms with E-state index in [1.54, 1.807) is 0 Å². The predicted molar refractivity (Wildman–Crippen MR) is 88.1 cm³/mol. The van der Waals surface area contributed by atoms with E-state index < -0.39 is 36.4 Å². The lowest BCUT2D eigenvalue weighted by atomic mass is 10.2. The van der Waals surface area contributed by atoms with Crippen LogP contribution in [0.4, 0.5) is 23.2 Å². The zero-order valence-electron chi connectivity index (χ0n) is 13.6. The first kappa shape index (κ1) is 20.0. The molecular formula is C18H13F4NO4. The van der Waals surface area contributed by atoms with Crippen molar-refractivity contribution in [1.82, 2.24) is 0 Å². The summed E-state index contributed by atoms with van der Waals surface area (Å²) in [4.78, 5) is 23.2. The van der Waals surface area contributed by atoms with E-state index in [2.05, 4.69) is 10.1 Å². The molecule has 2 aromatic carbocycles. The van der Waals surface area contributed by atoms with Crippen LogP contribution >= 0.6 is 0 Å². The molecule has 9 heteroatoms. The highest BCUT2D eigenvalue weighted by Gasteiger charge is 2.30. The maximum Gasteiger partial charge on any atom is 0.573 e. The van der Waals surface area contributed by atoms with Crippen LogP contribution in [0.3, 0.4) is 0 Å². The highest BCUT2D eigenvalue weighted by molar-refractivity contribution is 5.94. The van der Waals surface area contributed by atoms with Crippen molar-refractivity contribution in [2.45, 2.75) is 6.36 Å². The van der Waals surface area contributed by atoms with Gasteiger partial charge < -0.3 is 14.8 Å². The quantitative estimate of drug-likeness (QED) is 0.467. The number of alkyl halides is 3. The molecule has 1 amide bonds. The van der Waals surface area contributed by atoms with Crippen molar-refractivity contribution in [3.63, 3.8) is 0 Å². The maximum atomic E-state index is 12.8. The third-order valence-electron chi connectivity index (χ3n) is 3.00. The van der Waals surface area contributed by atoms with E-state index in [0.717, 1.165) is 18.2 Å². The molecule has 0 aliphatic heterocycles. The molecule has 0 radical (unpaired) electrons. The van der Waals surface area contributed by atoms with Crippen LogP contribution < -0.4 is 10.1 Å². The largest absolute Gasteiger partial charge is 0.573 e. The fourth-order valence-corrected chi connectivity index (χ4v) is 1.86. The lowest BCUT2D eigenvalue weighted by molar-refractivity contribution is -0.274. The van der Waals surface area contributed by atoms with Gasteiger partial charge in [-0.05, 0) is 48.0 Å². The van der Waals surface area contributed by atoms with Gasteiger partial charge in [-0.2, -0.15) is 0 Å². The number of anilines is 1. The molecule has 0 aliphatic rings. The van der Waals surface area contributed by atoms with E-state index in [1.165, 1.54) is 42.5 Å². The molecule has 27 heavy (non-hydrogen) atoms. The van der Waals surface area contributed by atoms with E-state index in [9.17, 15) is 27.2 Å². The average molecular weight is 383 g/mol. The molecule has 0 atom stereocenters. The molecule has 0 unspecified atom stereocenters. The highest BCUT2D eigenvalue weighted by atomic mass is 19.4. The third kappa shape index (κ3) is 7.59. The van der Waals surface area contributed by atoms with Crippen molar-refractivity contribution >= 4 is 23.6 Å². The first-order chi connectivity index (χ1) is 12.7. The summed E-state index contributed by atoms with van der Waals surface area (Å²) in [6.07, 6.45) is -2.34. The summed E-state index contributed by atoms with van der Waals surface area (Å²) in [5, 5.41) is 2.35. The number of halogens is 4. The first-order valence-electron chi connectivity index (χ1n) is 7.47. The number of amides is 1. The number of rotatable bonds is 6. The van der Waals surface area contributed by atoms with Gasteiger partial charge in [-0.25, -0.2) is 9.18 Å². The molecule has 0 saturated carbocycles. The minimum Gasteiger partial charge on any atom is -0.452 e. The second-order valence-corrected chi connectivity index (χ2v) is 5.11. The number of nitrogens with one attached hydrogen (secondary N) is 1. The van der Waals surface area contributed by atoms with Crippen LogP contribution in [0, 0.1) is 5.82 Å². The van der Waals surface area contributed by atoms with E-state index >= 15 is 0 Å². The van der Waals surface area contributed by atoms with E-state index in [4.69, 9.17) is 4.74 Å². The molecule has 2 aromatic rings. The van der Waals surface area contributed by atoms with Gasteiger partial charge in [0.15, 0.2) is 6.61 Å². The maximum absolute atomic E-state index is 12.8. The van der Waals surface area contributed by atoms with Crippen molar-refractivity contribution < 1.29 is 36.6 Å². The lowest BCUT2D eigenvalue weighted by Gasteiger charge is -2.10. The predicted octanol–water partition coefficient (Wildman–Crippen LogP) is 3.92. The Kier molecular flexibility index (Phi) is 6.53. The van der Waals surface area contributed by atoms with Gasteiger partial charge in [0.1, 0.15) is 11.6 Å². The van der Waals surface area contributed by atoms with Crippen molar-refractivity contribution in [1.29, 1.82) is 0 Å². The fourth-order valence-electron chi connectivity index (χ4n) is 1.86. The molecule has 1 N–H and O–H groups in total. The van der Waals surface area contributed by atoms with Gasteiger partial charge in [0.05, 0.1) is 0 Å². The fraction of sp³-hybridized carbons (Fsp3) is 0.111. The Morgan fingerprint density at radius 1 is 1.00 bits per heavy atom. The first-order valence-corrected chi connectivity index (χ1v) is 7.47. The van der Waals surface area contributed by atoms with Crippen LogP contribution in [0.15, 0.2) is 54.6 Å². The van der Waals surface area contributed by atoms with Crippen LogP contribution in [0.1, 0.15) is 5.56 Å². The Hall–Kier alpha value is -3.36. The molecule has 2 rings (SSSR count). The molecule has 0 heterocycles. The molecule has 5 nitrogen and oxygen atoms in total. The standard InChI is InChI=1S/C18H13F4NO4/c19-13-4-1-12(2-5-13)3-10-17(25)26-11-16(24)23-14-6-8-15(9-7-14)27-18(20,21)22/h1-10H,11H2,(H,23,24)/b10-3+. The number of hydrogen-bond acceptors (Lipinski definition) is 4. The molecule has 0 aromatic heterocycles. The summed E-state index contributed by atoms with van der Waals surface area (Å²) in [5.41, 5.74) is 0.770. The lowest BCUT2D eigenvalue weighted by Crippen LogP contribution is -2.20. The van der Waals surface area contributed by atoms with E-state index in [1.807, 2.05) is 0 Å². The topological polar surface area (TPSA) is 64.6 Å². The van der Waals surface area contributed by atoms with Crippen LogP contribution in [0.5, 0.6) is 5.75 Å². The molecule has 0 spiro atoms. The zero-order valence-corrected chi connectivity index (χ0v) is 13.6. The second kappa shape index (κ2) is 8.84. The van der Waals surface area contributed by atoms with Crippen molar-refractivity contribution in [2.75, 3.05) is 11.9 Å². The zero-order chi connectivity index (χ0) is 19.9. The molecular weight excluding hydrogens is 370 g/mol. The number of ether oxygens (including phenoxy) is 2. The average Bonchev–Trinajstić information content (AvgIpc) is 2.60. The van der Waals surface area contributed by atoms with Crippen molar-refractivity contribution in [3.05, 3.63) is 66.0 Å². The summed E-state index contributed by atoms with van der Waals surface area (Å²) < 4.78 is 57.3. The van der Waals surface area contributed by atoms with Crippen LogP contribution in [0.2, 0.25) is 0 Å². The normalized spacial score (nSPS) is 11.3. The van der Waals surface area contributed by atoms with Crippen LogP contribution in [0.25, 0.3) is 6.08 Å². The van der Waals surface area contributed by atoms with Gasteiger partial charge in [-0.1, -0.05) is 12.1 Å². The Morgan fingerprint density at radius 3 is 2.22 bits per heavy atom. The minimum atomic E-state index is -4.81. The summed E-state index contributed by atoms with van der Waals surface area (Å²) in [6.45, 7) is -0.590. The van der Waals surface area contributed by atoms with Gasteiger partial charge in [0, 0.05) is 11.8 Å². The van der Waals surface area contributed by atoms with Gasteiger partial charge >= 0.3 is 12.3 Å². The number of esters is 1. The minimum absolute atomic E-state index is 0.201. The number of hydrogen-bond donors (Lipinski definition) is 1. The molecule has 0 fully saturated rings. The van der Waals surface area contributed by atoms with Crippen molar-refractivity contribution in [2.24, 2.45) is 0 Å². The van der Waals surface area contributed by atoms with E-state index in [-0.39, 0.29) is 5.69 Å². The second-order valence-electron chi connectivity index (χ2n) is 5.11. The SMILES string of the molecule is O=C(COC(=O)/C=C/c1ccc(F)cc1)Nc1ccc(OC(F)(F)F)cc1. The Labute approximate surface area is 151 Å². The van der Waals surface area contributed by atoms with Crippen LogP contribution in [-0.2, 0) is 14.3 Å². The molecule has 142 valence electrons. The van der Waals surface area contributed by atoms with E-state index in [0.29, 0.717) is 5.56 Å². The highest BCUT2D eigenvalue weighted by Crippen LogP contribution is 2.23. The Morgan fingerprint density at radius 2 is 1.63 bits per heavy atom. The van der Waals surface area contributed by atoms with Gasteiger partial charge in [-0.3, -0.25) is 4.79 Å². The Bertz CT molecular complexity index is 815. The molecule has 0 bridgehead atoms. The van der Waals surface area contributed by atoms with Crippen molar-refractivity contribution in [3.8, 4) is 5.75 Å². The molecule has 0 saturated heterocycles. The number of benzene rings is 2. The van der Waals surface area contributed by atoms with Gasteiger partial charge in [0.25, 0.3) is 5.91 Å². The molecule has 0 aliphatic carbocycles. The monoisotopic (exact) mass is 383 g/mol. The summed E-state index contributed by atoms with van der Waals surface area (Å²) >= 11 is 0. The number of carbonyl (C=O) groups excluding carboxylic acids is 2. The number of carbonyl (C=O) groups is 2. The Balaban J connectivity index is 1.78. The summed E-state index contributed by atoms with van der Waals surface area (Å²) in [6, 6.07) is 9.83. The van der Waals surface area contributed by atoms with Gasteiger partial charge in [0.2, 0.25) is 0 Å². The van der Waals surface area contributed by atoms with Crippen LogP contribution in [-0.4, -0.2) is 24.8 Å². The van der Waals surface area contributed by atoms with Gasteiger partial charge in [-0.15, -0.1) is 13.2 Å². The summed E-state index contributed by atoms with van der Waals surface area (Å²) in [5.74, 6) is -2.31. The third-order valence-corrected chi connectivity index (χ3v) is 3.00. The smallest absolute Gasteiger partial charge is 0.452 e.